The van der Waals surface area contributed by atoms with Gasteiger partial charge in [-0.05, 0) is 25.5 Å². The van der Waals surface area contributed by atoms with Crippen molar-refractivity contribution in [1.29, 1.82) is 0 Å². The molecule has 0 radical (unpaired) electrons. The Morgan fingerprint density at radius 2 is 2.15 bits per heavy atom. The van der Waals surface area contributed by atoms with Gasteiger partial charge in [0.15, 0.2) is 5.69 Å². The van der Waals surface area contributed by atoms with Crippen LogP contribution in [0.25, 0.3) is 10.9 Å². The Kier molecular flexibility index (Phi) is 4.24. The first kappa shape index (κ1) is 16.8. The van der Waals surface area contributed by atoms with Crippen molar-refractivity contribution in [3.05, 3.63) is 47.9 Å². The third kappa shape index (κ3) is 2.78. The Morgan fingerprint density at radius 1 is 1.35 bits per heavy atom. The number of H-pyrrole nitrogens is 1. The highest BCUT2D eigenvalue weighted by atomic mass is 16.3. The number of aliphatic hydroxyl groups is 1. The molecular formula is C19H23N5O2. The van der Waals surface area contributed by atoms with Gasteiger partial charge in [0, 0.05) is 49.2 Å². The van der Waals surface area contributed by atoms with Gasteiger partial charge in [-0.15, -0.1) is 0 Å². The van der Waals surface area contributed by atoms with Crippen molar-refractivity contribution >= 4 is 16.8 Å². The van der Waals surface area contributed by atoms with Gasteiger partial charge < -0.3 is 10.0 Å². The first-order valence-electron chi connectivity index (χ1n) is 8.95. The molecule has 1 saturated heterocycles. The van der Waals surface area contributed by atoms with Crippen LogP contribution in [0.3, 0.4) is 0 Å². The molecule has 2 atom stereocenters. The minimum Gasteiger partial charge on any atom is -0.396 e. The summed E-state index contributed by atoms with van der Waals surface area (Å²) in [4.78, 5) is 14.8. The van der Waals surface area contributed by atoms with Crippen LogP contribution in [0.4, 0.5) is 0 Å². The maximum Gasteiger partial charge on any atom is 0.275 e. The molecule has 1 aliphatic heterocycles. The second-order valence-electron chi connectivity index (χ2n) is 7.22. The molecule has 1 amide bonds. The van der Waals surface area contributed by atoms with Gasteiger partial charge in [0.05, 0.1) is 11.7 Å². The van der Waals surface area contributed by atoms with Gasteiger partial charge in [-0.2, -0.15) is 10.2 Å². The smallest absolute Gasteiger partial charge is 0.275 e. The lowest BCUT2D eigenvalue weighted by atomic mass is 9.92. The number of benzene rings is 1. The van der Waals surface area contributed by atoms with Crippen LogP contribution in [-0.4, -0.2) is 55.6 Å². The molecule has 0 saturated carbocycles. The largest absolute Gasteiger partial charge is 0.396 e. The number of aliphatic hydroxyl groups excluding tert-OH is 1. The van der Waals surface area contributed by atoms with Crippen molar-refractivity contribution in [3.63, 3.8) is 0 Å². The molecule has 7 nitrogen and oxygen atoms in total. The highest BCUT2D eigenvalue weighted by molar-refractivity contribution is 6.04. The Morgan fingerprint density at radius 3 is 2.88 bits per heavy atom. The summed E-state index contributed by atoms with van der Waals surface area (Å²) in [6.07, 6.45) is 3.88. The van der Waals surface area contributed by atoms with Crippen LogP contribution >= 0.6 is 0 Å². The summed E-state index contributed by atoms with van der Waals surface area (Å²) in [5.41, 5.74) is 2.36. The quantitative estimate of drug-likeness (QED) is 0.753. The Bertz CT molecular complexity index is 929. The maximum atomic E-state index is 13.0. The standard InChI is InChI=1S/C19H23N5O2/c1-12(2)24-9-13(7-20-24)16-10-23(8-14(16)11-25)19(26)18-15-5-3-4-6-17(15)21-22-18/h3-7,9,12,14,16,25H,8,10-11H2,1-2H3,(H,21,22)/t14-,16-/m0/s1. The summed E-state index contributed by atoms with van der Waals surface area (Å²) in [5.74, 6) is -0.00437. The van der Waals surface area contributed by atoms with Gasteiger partial charge in [-0.3, -0.25) is 14.6 Å². The average Bonchev–Trinajstić information content (AvgIpc) is 3.37. The van der Waals surface area contributed by atoms with Gasteiger partial charge in [-0.1, -0.05) is 18.2 Å². The summed E-state index contributed by atoms with van der Waals surface area (Å²) in [7, 11) is 0. The minimum atomic E-state index is -0.0975. The van der Waals surface area contributed by atoms with Gasteiger partial charge in [-0.25, -0.2) is 0 Å². The number of hydrogen-bond donors (Lipinski definition) is 2. The van der Waals surface area contributed by atoms with E-state index >= 15 is 0 Å². The van der Waals surface area contributed by atoms with Crippen molar-refractivity contribution < 1.29 is 9.90 Å². The molecule has 0 unspecified atom stereocenters. The molecule has 26 heavy (non-hydrogen) atoms. The number of hydrogen-bond acceptors (Lipinski definition) is 4. The van der Waals surface area contributed by atoms with E-state index in [-0.39, 0.29) is 30.4 Å². The van der Waals surface area contributed by atoms with Crippen LogP contribution in [0.5, 0.6) is 0 Å². The van der Waals surface area contributed by atoms with E-state index in [0.29, 0.717) is 18.8 Å². The maximum absolute atomic E-state index is 13.0. The van der Waals surface area contributed by atoms with Crippen molar-refractivity contribution in [2.75, 3.05) is 19.7 Å². The first-order chi connectivity index (χ1) is 12.6. The minimum absolute atomic E-state index is 0.00830. The van der Waals surface area contributed by atoms with E-state index in [2.05, 4.69) is 29.1 Å². The normalized spacial score (nSPS) is 20.4. The molecule has 1 aliphatic rings. The number of nitrogens with zero attached hydrogens (tertiary/aromatic N) is 4. The van der Waals surface area contributed by atoms with Crippen molar-refractivity contribution in [2.45, 2.75) is 25.8 Å². The summed E-state index contributed by atoms with van der Waals surface area (Å²) in [6, 6.07) is 7.90. The summed E-state index contributed by atoms with van der Waals surface area (Å²) in [6.45, 7) is 5.28. The summed E-state index contributed by atoms with van der Waals surface area (Å²) in [5, 5.41) is 22.2. The van der Waals surface area contributed by atoms with E-state index in [4.69, 9.17) is 0 Å². The fourth-order valence-corrected chi connectivity index (χ4v) is 3.70. The van der Waals surface area contributed by atoms with Crippen LogP contribution in [-0.2, 0) is 0 Å². The molecule has 3 heterocycles. The van der Waals surface area contributed by atoms with Crippen LogP contribution in [0.2, 0.25) is 0 Å². The van der Waals surface area contributed by atoms with Crippen LogP contribution in [0.1, 0.15) is 41.9 Å². The Labute approximate surface area is 151 Å². The van der Waals surface area contributed by atoms with E-state index in [0.717, 1.165) is 16.5 Å². The van der Waals surface area contributed by atoms with Gasteiger partial charge in [0.2, 0.25) is 0 Å². The van der Waals surface area contributed by atoms with Crippen LogP contribution < -0.4 is 0 Å². The van der Waals surface area contributed by atoms with E-state index in [1.807, 2.05) is 41.3 Å². The molecule has 136 valence electrons. The highest BCUT2D eigenvalue weighted by Gasteiger charge is 2.37. The molecule has 7 heteroatoms. The number of likely N-dealkylation sites (tertiary alicyclic amines) is 1. The first-order valence-corrected chi connectivity index (χ1v) is 8.95. The number of fused-ring (bicyclic) bond motifs is 1. The molecule has 0 aliphatic carbocycles. The van der Waals surface area contributed by atoms with E-state index in [1.165, 1.54) is 0 Å². The predicted octanol–water partition coefficient (Wildman–Crippen LogP) is 2.19. The third-order valence-corrected chi connectivity index (χ3v) is 5.21. The molecule has 1 fully saturated rings. The van der Waals surface area contributed by atoms with Crippen LogP contribution in [0.15, 0.2) is 36.7 Å². The third-order valence-electron chi connectivity index (χ3n) is 5.21. The molecule has 2 N–H and O–H groups in total. The van der Waals surface area contributed by atoms with Crippen molar-refractivity contribution in [1.82, 2.24) is 24.9 Å². The van der Waals surface area contributed by atoms with E-state index in [9.17, 15) is 9.90 Å². The average molecular weight is 353 g/mol. The number of carbonyl (C=O) groups is 1. The summed E-state index contributed by atoms with van der Waals surface area (Å²) < 4.78 is 1.91. The van der Waals surface area contributed by atoms with Crippen LogP contribution in [0, 0.1) is 5.92 Å². The molecule has 0 spiro atoms. The molecule has 0 bridgehead atoms. The number of amides is 1. The fourth-order valence-electron chi connectivity index (χ4n) is 3.70. The molecule has 2 aromatic heterocycles. The number of carbonyl (C=O) groups excluding carboxylic acids is 1. The molecule has 3 aromatic rings. The number of aromatic nitrogens is 4. The predicted molar refractivity (Wildman–Crippen MR) is 97.9 cm³/mol. The lowest BCUT2D eigenvalue weighted by Crippen LogP contribution is -2.29. The molecule has 4 rings (SSSR count). The number of aromatic amines is 1. The number of rotatable bonds is 4. The fraction of sp³-hybridized carbons (Fsp3) is 0.421. The van der Waals surface area contributed by atoms with Gasteiger partial charge in [0.25, 0.3) is 5.91 Å². The number of nitrogens with one attached hydrogen (secondary N) is 1. The van der Waals surface area contributed by atoms with Crippen molar-refractivity contribution in [2.24, 2.45) is 5.92 Å². The second-order valence-corrected chi connectivity index (χ2v) is 7.22. The SMILES string of the molecule is CC(C)n1cc([C@@H]2CN(C(=O)c3n[nH]c4ccccc34)C[C@H]2CO)cn1. The monoisotopic (exact) mass is 353 g/mol. The number of para-hydroxylation sites is 1. The second kappa shape index (κ2) is 6.57. The Hall–Kier alpha value is -2.67. The lowest BCUT2D eigenvalue weighted by Gasteiger charge is -2.15. The van der Waals surface area contributed by atoms with E-state index in [1.54, 1.807) is 4.90 Å². The molecule has 1 aromatic carbocycles. The topological polar surface area (TPSA) is 87.0 Å². The Balaban J connectivity index is 1.59. The van der Waals surface area contributed by atoms with Crippen molar-refractivity contribution in [3.8, 4) is 0 Å². The highest BCUT2D eigenvalue weighted by Crippen LogP contribution is 2.33. The zero-order valence-corrected chi connectivity index (χ0v) is 15.0. The van der Waals surface area contributed by atoms with Gasteiger partial charge in [0.1, 0.15) is 0 Å². The van der Waals surface area contributed by atoms with Gasteiger partial charge >= 0.3 is 0 Å². The van der Waals surface area contributed by atoms with E-state index < -0.39 is 0 Å². The summed E-state index contributed by atoms with van der Waals surface area (Å²) >= 11 is 0. The lowest BCUT2D eigenvalue weighted by molar-refractivity contribution is 0.0777. The zero-order chi connectivity index (χ0) is 18.3. The zero-order valence-electron chi connectivity index (χ0n) is 15.0. The molecular weight excluding hydrogens is 330 g/mol.